The molecule has 2 aliphatic carbocycles. The fourth-order valence-electron chi connectivity index (χ4n) is 11.3. The van der Waals surface area contributed by atoms with E-state index in [0.29, 0.717) is 87.9 Å². The number of rotatable bonds is 12. The Morgan fingerprint density at radius 3 is 2.53 bits per heavy atom. The average Bonchev–Trinajstić information content (AvgIpc) is 4.24. The Balaban J connectivity index is 0.958. The number of aryl methyl sites for hydroxylation is 1. The molecule has 2 saturated heterocycles. The number of aromatic amines is 1. The van der Waals surface area contributed by atoms with Gasteiger partial charge in [-0.05, 0) is 89.0 Å². The van der Waals surface area contributed by atoms with Crippen LogP contribution >= 0.6 is 0 Å². The van der Waals surface area contributed by atoms with Crippen LogP contribution in [0.5, 0.6) is 5.75 Å². The number of amides is 4. The van der Waals surface area contributed by atoms with Gasteiger partial charge in [-0.3, -0.25) is 19.9 Å². The lowest BCUT2D eigenvalue weighted by Gasteiger charge is -2.44. The third-order valence-corrected chi connectivity index (χ3v) is 14.9. The van der Waals surface area contributed by atoms with E-state index < -0.39 is 54.2 Å². The Kier molecular flexibility index (Phi) is 15.8. The predicted molar refractivity (Wildman–Crippen MR) is 277 cm³/mol. The molecule has 75 heavy (non-hydrogen) atoms. The van der Waals surface area contributed by atoms with Crippen LogP contribution in [0.1, 0.15) is 114 Å². The molecule has 0 spiro atoms. The summed E-state index contributed by atoms with van der Waals surface area (Å²) in [6, 6.07) is 2.61. The van der Waals surface area contributed by atoms with Crippen LogP contribution in [0, 0.1) is 29.6 Å². The van der Waals surface area contributed by atoms with Crippen LogP contribution in [0.15, 0.2) is 82.6 Å². The summed E-state index contributed by atoms with van der Waals surface area (Å²) in [6.45, 7) is 10.5. The van der Waals surface area contributed by atoms with Gasteiger partial charge in [-0.15, -0.1) is 0 Å². The second kappa shape index (κ2) is 22.4. The monoisotopic (exact) mass is 1030 g/mol. The van der Waals surface area contributed by atoms with Crippen LogP contribution in [-0.4, -0.2) is 131 Å². The summed E-state index contributed by atoms with van der Waals surface area (Å²) in [5.41, 5.74) is 2.87. The molecule has 6 heterocycles. The molecular weight excluding hydrogens is 965 g/mol. The molecule has 2 aromatic rings. The smallest absolute Gasteiger partial charge is 0.408 e. The number of amidine groups is 1. The largest absolute Gasteiger partial charge is 0.493 e. The highest BCUT2D eigenvalue weighted by Crippen LogP contribution is 2.52. The number of hydrogen-bond acceptors (Lipinski definition) is 11. The van der Waals surface area contributed by atoms with Crippen LogP contribution in [0.2, 0.25) is 0 Å². The normalized spacial score (nSPS) is 24.9. The van der Waals surface area contributed by atoms with Crippen molar-refractivity contribution in [3.8, 4) is 17.6 Å². The Morgan fingerprint density at radius 2 is 1.77 bits per heavy atom. The maximum absolute atomic E-state index is 17.1. The van der Waals surface area contributed by atoms with Gasteiger partial charge in [0.15, 0.2) is 12.3 Å². The number of aromatic nitrogens is 2. The van der Waals surface area contributed by atoms with Crippen LogP contribution in [0.25, 0.3) is 5.57 Å². The van der Waals surface area contributed by atoms with Gasteiger partial charge in [0, 0.05) is 55.9 Å². The van der Waals surface area contributed by atoms with E-state index in [1.807, 2.05) is 32.9 Å². The van der Waals surface area contributed by atoms with E-state index in [4.69, 9.17) is 28.9 Å². The molecule has 9 rings (SSSR count). The van der Waals surface area contributed by atoms with E-state index in [0.717, 1.165) is 53.1 Å². The molecule has 0 radical (unpaired) electrons. The lowest BCUT2D eigenvalue weighted by molar-refractivity contribution is -0.138. The minimum Gasteiger partial charge on any atom is -0.493 e. The first-order chi connectivity index (χ1) is 36.1. The summed E-state index contributed by atoms with van der Waals surface area (Å²) in [5.74, 6) is 6.73. The van der Waals surface area contributed by atoms with Gasteiger partial charge in [0.25, 0.3) is 5.91 Å². The number of methoxy groups -OCH3 is 2. The first kappa shape index (κ1) is 52.8. The molecule has 2 fully saturated rings. The van der Waals surface area contributed by atoms with Crippen molar-refractivity contribution in [2.24, 2.45) is 22.7 Å². The zero-order valence-electron chi connectivity index (χ0n) is 43.8. The van der Waals surface area contributed by atoms with E-state index in [-0.39, 0.29) is 35.5 Å². The van der Waals surface area contributed by atoms with Gasteiger partial charge in [0.2, 0.25) is 5.91 Å². The zero-order valence-corrected chi connectivity index (χ0v) is 43.8. The van der Waals surface area contributed by atoms with Crippen molar-refractivity contribution in [2.45, 2.75) is 128 Å². The van der Waals surface area contributed by atoms with Crippen molar-refractivity contribution >= 4 is 35.4 Å². The molecule has 0 saturated carbocycles. The number of hydrogen-bond donors (Lipinski definition) is 4. The fraction of sp³-hybridized carbons (Fsp3) is 0.536. The van der Waals surface area contributed by atoms with Gasteiger partial charge in [0.05, 0.1) is 62.1 Å². The van der Waals surface area contributed by atoms with Gasteiger partial charge in [-0.1, -0.05) is 62.1 Å². The number of imidazole rings is 1. The number of alkyl carbamates (subject to hydrolysis) is 2. The molecule has 0 bridgehead atoms. The first-order valence-corrected chi connectivity index (χ1v) is 26.3. The number of carbonyl (C=O) groups is 4. The summed E-state index contributed by atoms with van der Waals surface area (Å²) in [6.07, 6.45) is 15.0. The van der Waals surface area contributed by atoms with E-state index in [2.05, 4.69) is 68.0 Å². The van der Waals surface area contributed by atoms with Crippen LogP contribution < -0.4 is 20.7 Å². The second-order valence-corrected chi connectivity index (χ2v) is 20.9. The van der Waals surface area contributed by atoms with Crippen molar-refractivity contribution in [1.29, 1.82) is 0 Å². The Bertz CT molecular complexity index is 2800. The standard InChI is InChI=1S/C56H69F2N9O8/c1-8-59-49(42-16-10-22-65(42)51(68)39(21-18-32(2)3)63-54(70)72-6)60-30-33-25-38(57)47-44-28-37-27-35(40-31-61-50(62-40)43-17-11-23-66(43)52(69)48(56(4,5)58)64-55(71)73-7)13-9-15-41(37)67(44)53(75-46(47)26-33)36-20-19-34-14-12-24-74-45(34)29-36/h9,13,15,19-20,25,28-29,31-33,37,39,41-43,48,53H,8,10-12,14,16-17,22-24,26-27,30H2,1-7H3,(H,59,60)(H,61,62)(H,63,70)(H,64,71)/t33?,37?,39?,41?,42-,43-,48?,53?/m0/s1. The molecule has 7 aliphatic rings. The first-order valence-electron chi connectivity index (χ1n) is 26.3. The van der Waals surface area contributed by atoms with Gasteiger partial charge in [-0.25, -0.2) is 23.4 Å². The number of alkyl halides is 1. The average molecular weight is 1030 g/mol. The number of likely N-dealkylation sites (tertiary alicyclic amines) is 2. The number of benzene rings is 1. The van der Waals surface area contributed by atoms with Crippen LogP contribution in [-0.2, 0) is 30.2 Å². The maximum atomic E-state index is 17.1. The van der Waals surface area contributed by atoms with Crippen LogP contribution in [0.4, 0.5) is 18.4 Å². The highest BCUT2D eigenvalue weighted by Gasteiger charge is 2.48. The van der Waals surface area contributed by atoms with Gasteiger partial charge in [-0.2, -0.15) is 0 Å². The number of fused-ring (bicyclic) bond motifs is 5. The number of halogens is 2. The van der Waals surface area contributed by atoms with E-state index >= 15 is 8.78 Å². The Hall–Kier alpha value is -7.10. The van der Waals surface area contributed by atoms with Crippen molar-refractivity contribution in [2.75, 3.05) is 47.0 Å². The van der Waals surface area contributed by atoms with Gasteiger partial charge < -0.3 is 49.3 Å². The molecule has 4 N–H and O–H groups in total. The highest BCUT2D eigenvalue weighted by atomic mass is 19.1. The summed E-state index contributed by atoms with van der Waals surface area (Å²) >= 11 is 0. The third-order valence-electron chi connectivity index (χ3n) is 14.9. The van der Waals surface area contributed by atoms with Gasteiger partial charge >= 0.3 is 12.2 Å². The van der Waals surface area contributed by atoms with Gasteiger partial charge in [0.1, 0.15) is 40.7 Å². The van der Waals surface area contributed by atoms with E-state index in [1.165, 1.54) is 28.1 Å². The molecule has 8 atom stereocenters. The third kappa shape index (κ3) is 11.2. The lowest BCUT2D eigenvalue weighted by Crippen LogP contribution is -2.56. The SMILES string of the molecule is CC/N=C(\NCC1C=C(F)C2=C(C1)OC(c1ccc3c(c1)OCCC3)N1C2=CC2CC(c3cnc([C@@H]4CCCN4C(=O)C(NC(=O)OC)C(C)(C)F)[nH]3)=CC=CC21)[C@@H]1CCCN1C(=O)C(C#CC(C)C)NC(=O)OC. The Morgan fingerprint density at radius 1 is 1.00 bits per heavy atom. The topological polar surface area (TPSA) is 192 Å². The molecule has 6 unspecified atom stereocenters. The minimum atomic E-state index is -2.06. The number of nitrogens with zero attached hydrogens (tertiary/aromatic N) is 5. The molecule has 1 aromatic heterocycles. The Labute approximate surface area is 437 Å². The number of nitrogens with one attached hydrogen (secondary N) is 4. The summed E-state index contributed by atoms with van der Waals surface area (Å²) in [5, 5.41) is 8.50. The van der Waals surface area contributed by atoms with Crippen molar-refractivity contribution in [3.05, 3.63) is 100 Å². The molecule has 1 aromatic carbocycles. The predicted octanol–water partition coefficient (Wildman–Crippen LogP) is 7.64. The molecule has 4 amide bonds. The molecule has 17 nitrogen and oxygen atoms in total. The summed E-state index contributed by atoms with van der Waals surface area (Å²) in [4.78, 5) is 70.9. The lowest BCUT2D eigenvalue weighted by atomic mass is 9.90. The molecular formula is C56H69F2N9O8. The molecule has 5 aliphatic heterocycles. The summed E-state index contributed by atoms with van der Waals surface area (Å²) in [7, 11) is 2.41. The quantitative estimate of drug-likeness (QED) is 0.0929. The van der Waals surface area contributed by atoms with E-state index in [1.54, 1.807) is 22.1 Å². The highest BCUT2D eigenvalue weighted by molar-refractivity contribution is 5.95. The fourth-order valence-corrected chi connectivity index (χ4v) is 11.3. The second-order valence-electron chi connectivity index (χ2n) is 20.9. The van der Waals surface area contributed by atoms with Crippen molar-refractivity contribution in [1.82, 2.24) is 40.6 Å². The zero-order chi connectivity index (χ0) is 53.1. The number of ether oxygens (including phenoxy) is 4. The van der Waals surface area contributed by atoms with E-state index in [9.17, 15) is 19.2 Å². The minimum absolute atomic E-state index is 0.0239. The number of allylic oxidation sites excluding steroid dienone is 5. The van der Waals surface area contributed by atoms with Crippen molar-refractivity contribution in [3.63, 3.8) is 0 Å². The molecule has 19 heteroatoms. The van der Waals surface area contributed by atoms with Crippen LogP contribution in [0.3, 0.4) is 0 Å². The number of aliphatic imine (C=N–C) groups is 1. The maximum Gasteiger partial charge on any atom is 0.408 e. The number of carbonyl (C=O) groups excluding carboxylic acids is 4. The molecule has 400 valence electrons. The summed E-state index contributed by atoms with van der Waals surface area (Å²) < 4.78 is 55.3. The van der Waals surface area contributed by atoms with Crippen molar-refractivity contribution < 1.29 is 46.9 Å². The number of H-pyrrole nitrogens is 1.